The van der Waals surface area contributed by atoms with E-state index in [1.54, 1.807) is 0 Å². The summed E-state index contributed by atoms with van der Waals surface area (Å²) in [5.41, 5.74) is 11.3. The Balaban J connectivity index is 1.39. The summed E-state index contributed by atoms with van der Waals surface area (Å²) in [7, 11) is 4.45. The third kappa shape index (κ3) is 4.23. The zero-order chi connectivity index (χ0) is 27.4. The van der Waals surface area contributed by atoms with Crippen LogP contribution in [-0.2, 0) is 10.8 Å². The average molecular weight is 533 g/mol. The van der Waals surface area contributed by atoms with Crippen molar-refractivity contribution in [1.82, 2.24) is 0 Å². The van der Waals surface area contributed by atoms with Crippen molar-refractivity contribution in [2.45, 2.75) is 63.8 Å². The number of anilines is 2. The molecule has 0 radical (unpaired) electrons. The molecule has 2 nitrogen and oxygen atoms in total. The number of para-hydroxylation sites is 2. The van der Waals surface area contributed by atoms with Gasteiger partial charge in [-0.3, -0.25) is 0 Å². The Morgan fingerprint density at radius 3 is 2.23 bits per heavy atom. The minimum Gasteiger partial charge on any atom is -0.367 e. The molecule has 1 aromatic heterocycles. The summed E-state index contributed by atoms with van der Waals surface area (Å²) in [6.07, 6.45) is 13.2. The molecule has 2 aromatic carbocycles. The lowest BCUT2D eigenvalue weighted by atomic mass is 9.79. The summed E-state index contributed by atoms with van der Waals surface area (Å²) in [5, 5.41) is 2.21. The number of likely N-dealkylation sites (N-methyl/N-ethyl adjacent to an activating group) is 2. The van der Waals surface area contributed by atoms with E-state index < -0.39 is 0 Å². The second kappa shape index (κ2) is 9.71. The second-order valence-corrected chi connectivity index (χ2v) is 13.3. The number of hydrogen-bond donors (Lipinski definition) is 0. The van der Waals surface area contributed by atoms with E-state index in [2.05, 4.69) is 142 Å². The standard InChI is InChI=1S/C36H40N2S/c1-35(2)27-15-7-9-17-29(27)37(5)32(35)22-20-25-13-11-14-26(34(25)31-19-12-24-39-31)21-23-33-36(3,4)28-16-8-10-18-30(28)38(33)6/h7-10,12,15-24,32H,11,13-14H2,1-6H3/b22-20+,26-21-,33-23-. The summed E-state index contributed by atoms with van der Waals surface area (Å²) >= 11 is 1.86. The van der Waals surface area contributed by atoms with Crippen molar-refractivity contribution in [2.24, 2.45) is 0 Å². The van der Waals surface area contributed by atoms with Gasteiger partial charge in [-0.1, -0.05) is 88.4 Å². The number of rotatable bonds is 4. The Kier molecular flexibility index (Phi) is 6.46. The fourth-order valence-corrected chi connectivity index (χ4v) is 8.01. The molecule has 3 heterocycles. The molecule has 1 aliphatic carbocycles. The summed E-state index contributed by atoms with van der Waals surface area (Å²) in [4.78, 5) is 6.21. The highest BCUT2D eigenvalue weighted by atomic mass is 32.1. The number of benzene rings is 2. The predicted molar refractivity (Wildman–Crippen MR) is 170 cm³/mol. The second-order valence-electron chi connectivity index (χ2n) is 12.3. The molecule has 3 aromatic rings. The normalized spacial score (nSPS) is 23.8. The highest BCUT2D eigenvalue weighted by molar-refractivity contribution is 7.11. The molecule has 0 bridgehead atoms. The van der Waals surface area contributed by atoms with Crippen LogP contribution in [0.25, 0.3) is 5.57 Å². The molecule has 200 valence electrons. The number of allylic oxidation sites excluding steroid dienone is 7. The zero-order valence-corrected chi connectivity index (χ0v) is 25.0. The monoisotopic (exact) mass is 532 g/mol. The SMILES string of the molecule is CN1/C(=C\C=C2\CCCC(/C=C/C3N(C)c4ccccc4C3(C)C)=C2c2cccs2)C(C)(C)c2ccccc21. The molecule has 2 aliphatic heterocycles. The molecule has 0 saturated heterocycles. The maximum Gasteiger partial charge on any atom is 0.0565 e. The first kappa shape index (κ1) is 26.0. The van der Waals surface area contributed by atoms with E-state index in [0.29, 0.717) is 6.04 Å². The molecule has 0 amide bonds. The highest BCUT2D eigenvalue weighted by Crippen LogP contribution is 2.48. The van der Waals surface area contributed by atoms with Gasteiger partial charge in [-0.25, -0.2) is 0 Å². The molecule has 0 spiro atoms. The molecule has 3 aliphatic rings. The first-order valence-corrected chi connectivity index (χ1v) is 15.1. The number of fused-ring (bicyclic) bond motifs is 2. The fraction of sp³-hybridized carbons (Fsp3) is 0.333. The topological polar surface area (TPSA) is 6.48 Å². The number of nitrogens with zero attached hydrogens (tertiary/aromatic N) is 2. The van der Waals surface area contributed by atoms with Crippen molar-refractivity contribution in [3.8, 4) is 0 Å². The molecule has 0 N–H and O–H groups in total. The number of thiophene rings is 1. The van der Waals surface area contributed by atoms with Crippen molar-refractivity contribution in [3.05, 3.63) is 123 Å². The van der Waals surface area contributed by atoms with E-state index in [1.807, 2.05) is 11.3 Å². The van der Waals surface area contributed by atoms with Gasteiger partial charge in [0.15, 0.2) is 0 Å². The van der Waals surface area contributed by atoms with Gasteiger partial charge in [-0.2, -0.15) is 0 Å². The molecular formula is C36H40N2S. The van der Waals surface area contributed by atoms with Crippen LogP contribution in [0.15, 0.2) is 107 Å². The van der Waals surface area contributed by atoms with Crippen LogP contribution in [0.1, 0.15) is 63.0 Å². The van der Waals surface area contributed by atoms with Crippen LogP contribution in [0.2, 0.25) is 0 Å². The maximum absolute atomic E-state index is 2.47. The lowest BCUT2D eigenvalue weighted by Gasteiger charge is -2.30. The van der Waals surface area contributed by atoms with E-state index >= 15 is 0 Å². The van der Waals surface area contributed by atoms with Crippen LogP contribution >= 0.6 is 11.3 Å². The van der Waals surface area contributed by atoms with E-state index in [1.165, 1.54) is 56.2 Å². The Hall–Kier alpha value is -3.30. The maximum atomic E-state index is 2.47. The Morgan fingerprint density at radius 2 is 1.54 bits per heavy atom. The highest BCUT2D eigenvalue weighted by Gasteiger charge is 2.41. The summed E-state index contributed by atoms with van der Waals surface area (Å²) < 4.78 is 0. The lowest BCUT2D eigenvalue weighted by molar-refractivity contribution is 0.487. The molecule has 3 heteroatoms. The van der Waals surface area contributed by atoms with Crippen LogP contribution in [0.3, 0.4) is 0 Å². The molecule has 1 unspecified atom stereocenters. The van der Waals surface area contributed by atoms with Crippen LogP contribution in [0.4, 0.5) is 11.4 Å². The molecule has 0 fully saturated rings. The summed E-state index contributed by atoms with van der Waals surface area (Å²) in [6.45, 7) is 9.47. The van der Waals surface area contributed by atoms with Gasteiger partial charge in [0.1, 0.15) is 0 Å². The first-order valence-electron chi connectivity index (χ1n) is 14.2. The van der Waals surface area contributed by atoms with Crippen molar-refractivity contribution < 1.29 is 0 Å². The van der Waals surface area contributed by atoms with Gasteiger partial charge in [-0.15, -0.1) is 11.3 Å². The van der Waals surface area contributed by atoms with Crippen molar-refractivity contribution in [3.63, 3.8) is 0 Å². The van der Waals surface area contributed by atoms with E-state index in [4.69, 9.17) is 0 Å². The average Bonchev–Trinajstić information content (AvgIpc) is 3.58. The van der Waals surface area contributed by atoms with Crippen LogP contribution in [0, 0.1) is 0 Å². The van der Waals surface area contributed by atoms with Gasteiger partial charge < -0.3 is 9.80 Å². The molecule has 0 saturated carbocycles. The Morgan fingerprint density at radius 1 is 0.821 bits per heavy atom. The van der Waals surface area contributed by atoms with Crippen molar-refractivity contribution in [1.29, 1.82) is 0 Å². The van der Waals surface area contributed by atoms with Gasteiger partial charge in [0, 0.05) is 46.9 Å². The summed E-state index contributed by atoms with van der Waals surface area (Å²) in [6, 6.07) is 22.5. The largest absolute Gasteiger partial charge is 0.367 e. The minimum atomic E-state index is -0.0136. The quantitative estimate of drug-likeness (QED) is 0.330. The molecular weight excluding hydrogens is 492 g/mol. The Labute approximate surface area is 238 Å². The van der Waals surface area contributed by atoms with Gasteiger partial charge >= 0.3 is 0 Å². The van der Waals surface area contributed by atoms with Gasteiger partial charge in [0.25, 0.3) is 0 Å². The third-order valence-electron chi connectivity index (χ3n) is 9.30. The van der Waals surface area contributed by atoms with E-state index in [-0.39, 0.29) is 10.8 Å². The molecule has 6 rings (SSSR count). The van der Waals surface area contributed by atoms with Gasteiger partial charge in [0.2, 0.25) is 0 Å². The molecule has 1 atom stereocenters. The minimum absolute atomic E-state index is 0.0136. The van der Waals surface area contributed by atoms with Crippen molar-refractivity contribution >= 4 is 28.3 Å². The predicted octanol–water partition coefficient (Wildman–Crippen LogP) is 9.28. The Bertz CT molecular complexity index is 1510. The van der Waals surface area contributed by atoms with Crippen molar-refractivity contribution in [2.75, 3.05) is 23.9 Å². The lowest BCUT2D eigenvalue weighted by Crippen LogP contribution is -2.37. The van der Waals surface area contributed by atoms with Crippen LogP contribution in [-0.4, -0.2) is 20.1 Å². The third-order valence-corrected chi connectivity index (χ3v) is 10.2. The van der Waals surface area contributed by atoms with Crippen LogP contribution < -0.4 is 9.80 Å². The van der Waals surface area contributed by atoms with E-state index in [0.717, 1.165) is 12.8 Å². The van der Waals surface area contributed by atoms with Gasteiger partial charge in [-0.05, 0) is 76.8 Å². The zero-order valence-electron chi connectivity index (χ0n) is 24.2. The van der Waals surface area contributed by atoms with E-state index in [9.17, 15) is 0 Å². The van der Waals surface area contributed by atoms with Gasteiger partial charge in [0.05, 0.1) is 6.04 Å². The van der Waals surface area contributed by atoms with Crippen LogP contribution in [0.5, 0.6) is 0 Å². The first-order chi connectivity index (χ1) is 18.7. The molecule has 39 heavy (non-hydrogen) atoms. The number of hydrogen-bond acceptors (Lipinski definition) is 3. The summed E-state index contributed by atoms with van der Waals surface area (Å²) in [5.74, 6) is 0. The smallest absolute Gasteiger partial charge is 0.0565 e. The fourth-order valence-electron chi connectivity index (χ4n) is 7.17.